The predicted molar refractivity (Wildman–Crippen MR) is 112 cm³/mol. The van der Waals surface area contributed by atoms with Crippen molar-refractivity contribution in [3.63, 3.8) is 0 Å². The molecule has 3 rings (SSSR count). The van der Waals surface area contributed by atoms with Crippen molar-refractivity contribution in [2.75, 3.05) is 13.7 Å². The number of hydrogen-bond acceptors (Lipinski definition) is 6. The van der Waals surface area contributed by atoms with E-state index in [1.807, 2.05) is 36.4 Å². The van der Waals surface area contributed by atoms with E-state index in [1.165, 1.54) is 5.56 Å². The van der Waals surface area contributed by atoms with Gasteiger partial charge >= 0.3 is 0 Å². The van der Waals surface area contributed by atoms with Crippen molar-refractivity contribution in [2.45, 2.75) is 30.7 Å². The van der Waals surface area contributed by atoms with Gasteiger partial charge in [0.05, 0.1) is 19.9 Å². The third kappa shape index (κ3) is 5.60. The third-order valence-corrected chi connectivity index (χ3v) is 4.99. The highest BCUT2D eigenvalue weighted by Crippen LogP contribution is 2.28. The summed E-state index contributed by atoms with van der Waals surface area (Å²) in [5, 5.41) is 13.3. The second-order valence-electron chi connectivity index (χ2n) is 6.09. The molecular weight excluding hydrogens is 372 g/mol. The molecule has 28 heavy (non-hydrogen) atoms. The van der Waals surface area contributed by atoms with Crippen LogP contribution in [0.15, 0.2) is 65.1 Å². The highest BCUT2D eigenvalue weighted by molar-refractivity contribution is 7.98. The minimum absolute atomic E-state index is 0.684. The smallest absolute Gasteiger partial charge is 0.212 e. The Morgan fingerprint density at radius 3 is 2.79 bits per heavy atom. The van der Waals surface area contributed by atoms with E-state index < -0.39 is 0 Å². The molecule has 0 aliphatic heterocycles. The Morgan fingerprint density at radius 2 is 2.00 bits per heavy atom. The van der Waals surface area contributed by atoms with Gasteiger partial charge in [-0.05, 0) is 35.7 Å². The van der Waals surface area contributed by atoms with Crippen LogP contribution in [0.2, 0.25) is 0 Å². The van der Waals surface area contributed by atoms with E-state index in [1.54, 1.807) is 36.1 Å². The highest BCUT2D eigenvalue weighted by Gasteiger charge is 2.07. The topological polar surface area (TPSA) is 61.5 Å². The van der Waals surface area contributed by atoms with Crippen LogP contribution in [0.25, 0.3) is 0 Å². The number of hydrogen-bond donors (Lipinski definition) is 0. The van der Waals surface area contributed by atoms with Crippen LogP contribution in [-0.4, -0.2) is 34.8 Å². The SMILES string of the molecule is CCCCOc1ccc(/C=N/n2cnnc2SCc2ccccc2)cc1OC. The van der Waals surface area contributed by atoms with E-state index in [2.05, 4.69) is 34.4 Å². The molecule has 146 valence electrons. The van der Waals surface area contributed by atoms with Crippen molar-refractivity contribution in [3.05, 3.63) is 66.0 Å². The van der Waals surface area contributed by atoms with E-state index in [0.717, 1.165) is 35.1 Å². The first-order valence-electron chi connectivity index (χ1n) is 9.22. The average molecular weight is 397 g/mol. The van der Waals surface area contributed by atoms with Gasteiger partial charge in [0, 0.05) is 5.75 Å². The molecule has 0 N–H and O–H groups in total. The van der Waals surface area contributed by atoms with Crippen molar-refractivity contribution in [1.82, 2.24) is 14.9 Å². The average Bonchev–Trinajstić information content (AvgIpc) is 3.19. The maximum Gasteiger partial charge on any atom is 0.212 e. The number of unbranched alkanes of at least 4 members (excludes halogenated alkanes) is 1. The fourth-order valence-electron chi connectivity index (χ4n) is 2.45. The van der Waals surface area contributed by atoms with Gasteiger partial charge < -0.3 is 9.47 Å². The van der Waals surface area contributed by atoms with Crippen LogP contribution in [-0.2, 0) is 5.75 Å². The molecule has 0 atom stereocenters. The van der Waals surface area contributed by atoms with E-state index >= 15 is 0 Å². The Hall–Kier alpha value is -2.80. The summed E-state index contributed by atoms with van der Waals surface area (Å²) in [6, 6.07) is 16.0. The maximum absolute atomic E-state index is 5.77. The molecule has 3 aromatic rings. The number of benzene rings is 2. The summed E-state index contributed by atoms with van der Waals surface area (Å²) in [6.07, 6.45) is 5.47. The van der Waals surface area contributed by atoms with Crippen LogP contribution in [0, 0.1) is 0 Å². The molecule has 0 aliphatic carbocycles. The third-order valence-electron chi connectivity index (χ3n) is 3.99. The Balaban J connectivity index is 1.66. The molecule has 0 spiro atoms. The zero-order chi connectivity index (χ0) is 19.6. The Bertz CT molecular complexity index is 896. The lowest BCUT2D eigenvalue weighted by Gasteiger charge is -2.10. The lowest BCUT2D eigenvalue weighted by atomic mass is 10.2. The Morgan fingerprint density at radius 1 is 1.14 bits per heavy atom. The van der Waals surface area contributed by atoms with Gasteiger partial charge in [0.25, 0.3) is 0 Å². The number of thioether (sulfide) groups is 1. The molecule has 0 aliphatic rings. The Kier molecular flexibility index (Phi) is 7.49. The molecule has 6 nitrogen and oxygen atoms in total. The number of rotatable bonds is 10. The summed E-state index contributed by atoms with van der Waals surface area (Å²) in [5.41, 5.74) is 2.14. The molecule has 0 amide bonds. The largest absolute Gasteiger partial charge is 0.493 e. The van der Waals surface area contributed by atoms with Gasteiger partial charge in [-0.2, -0.15) is 9.78 Å². The molecule has 0 radical (unpaired) electrons. The van der Waals surface area contributed by atoms with Crippen molar-refractivity contribution in [1.29, 1.82) is 0 Å². The summed E-state index contributed by atoms with van der Waals surface area (Å²) < 4.78 is 12.9. The van der Waals surface area contributed by atoms with Crippen LogP contribution in [0.3, 0.4) is 0 Å². The van der Waals surface area contributed by atoms with E-state index in [0.29, 0.717) is 12.4 Å². The number of nitrogens with zero attached hydrogens (tertiary/aromatic N) is 4. The van der Waals surface area contributed by atoms with Gasteiger partial charge in [-0.3, -0.25) is 0 Å². The number of aromatic nitrogens is 3. The van der Waals surface area contributed by atoms with Crippen LogP contribution in [0.5, 0.6) is 11.5 Å². The molecule has 1 aromatic heterocycles. The first-order chi connectivity index (χ1) is 13.8. The summed E-state index contributed by atoms with van der Waals surface area (Å²) in [7, 11) is 1.64. The second kappa shape index (κ2) is 10.5. The van der Waals surface area contributed by atoms with E-state index in [4.69, 9.17) is 9.47 Å². The summed E-state index contributed by atoms with van der Waals surface area (Å²) in [6.45, 7) is 2.82. The van der Waals surface area contributed by atoms with Gasteiger partial charge in [-0.15, -0.1) is 10.2 Å². The maximum atomic E-state index is 5.77. The van der Waals surface area contributed by atoms with E-state index in [9.17, 15) is 0 Å². The summed E-state index contributed by atoms with van der Waals surface area (Å²) >= 11 is 1.59. The van der Waals surface area contributed by atoms with Crippen LogP contribution in [0.4, 0.5) is 0 Å². The van der Waals surface area contributed by atoms with Crippen LogP contribution >= 0.6 is 11.8 Å². The van der Waals surface area contributed by atoms with Crippen LogP contribution < -0.4 is 9.47 Å². The minimum Gasteiger partial charge on any atom is -0.493 e. The quantitative estimate of drug-likeness (QED) is 0.284. The van der Waals surface area contributed by atoms with Gasteiger partial charge in [0.15, 0.2) is 11.5 Å². The zero-order valence-corrected chi connectivity index (χ0v) is 16.9. The van der Waals surface area contributed by atoms with Crippen molar-refractivity contribution in [3.8, 4) is 11.5 Å². The molecule has 1 heterocycles. The molecule has 7 heteroatoms. The van der Waals surface area contributed by atoms with Gasteiger partial charge in [-0.1, -0.05) is 55.4 Å². The molecule has 0 saturated carbocycles. The standard InChI is InChI=1S/C21H24N4O2S/c1-3-4-12-27-19-11-10-18(13-20(19)26-2)14-23-25-16-22-24-21(25)28-15-17-8-6-5-7-9-17/h5-11,13-14,16H,3-4,12,15H2,1-2H3/b23-14+. The lowest BCUT2D eigenvalue weighted by Crippen LogP contribution is -1.99. The monoisotopic (exact) mass is 396 g/mol. The summed E-state index contributed by atoms with van der Waals surface area (Å²) in [4.78, 5) is 0. The van der Waals surface area contributed by atoms with Gasteiger partial charge in [0.1, 0.15) is 6.33 Å². The zero-order valence-electron chi connectivity index (χ0n) is 16.1. The first kappa shape index (κ1) is 19.9. The highest BCUT2D eigenvalue weighted by atomic mass is 32.2. The van der Waals surface area contributed by atoms with Crippen LogP contribution in [0.1, 0.15) is 30.9 Å². The molecule has 0 fully saturated rings. The molecule has 0 saturated heterocycles. The van der Waals surface area contributed by atoms with Crippen molar-refractivity contribution < 1.29 is 9.47 Å². The molecule has 0 bridgehead atoms. The molecule has 2 aromatic carbocycles. The number of ether oxygens (including phenoxy) is 2. The predicted octanol–water partition coefficient (Wildman–Crippen LogP) is 4.64. The lowest BCUT2D eigenvalue weighted by molar-refractivity contribution is 0.288. The van der Waals surface area contributed by atoms with Crippen molar-refractivity contribution >= 4 is 18.0 Å². The summed E-state index contributed by atoms with van der Waals surface area (Å²) in [5.74, 6) is 2.26. The first-order valence-corrected chi connectivity index (χ1v) is 10.2. The van der Waals surface area contributed by atoms with E-state index in [-0.39, 0.29) is 0 Å². The Labute approximate surface area is 169 Å². The van der Waals surface area contributed by atoms with Gasteiger partial charge in [0.2, 0.25) is 5.16 Å². The van der Waals surface area contributed by atoms with Crippen molar-refractivity contribution in [2.24, 2.45) is 5.10 Å². The minimum atomic E-state index is 0.684. The number of methoxy groups -OCH3 is 1. The second-order valence-corrected chi connectivity index (χ2v) is 7.03. The fraction of sp³-hybridized carbons (Fsp3) is 0.286. The fourth-order valence-corrected chi connectivity index (χ4v) is 3.27. The molecular formula is C21H24N4O2S. The normalized spacial score (nSPS) is 11.1. The van der Waals surface area contributed by atoms with Gasteiger partial charge in [-0.25, -0.2) is 0 Å². The molecule has 0 unspecified atom stereocenters.